The number of amides is 2. The molecule has 6 heteroatoms. The number of carbonyl (C=O) groups is 2. The van der Waals surface area contributed by atoms with E-state index in [0.29, 0.717) is 13.0 Å². The van der Waals surface area contributed by atoms with Crippen molar-refractivity contribution in [2.24, 2.45) is 5.92 Å². The number of anilines is 1. The third kappa shape index (κ3) is 5.14. The Morgan fingerprint density at radius 2 is 1.87 bits per heavy atom. The van der Waals surface area contributed by atoms with Crippen molar-refractivity contribution in [2.45, 2.75) is 44.6 Å². The first-order valence-corrected chi connectivity index (χ1v) is 10.6. The number of halogens is 1. The molecule has 30 heavy (non-hydrogen) atoms. The first kappa shape index (κ1) is 22.2. The van der Waals surface area contributed by atoms with Crippen LogP contribution in [0.1, 0.15) is 48.4 Å². The third-order valence-electron chi connectivity index (χ3n) is 6.14. The van der Waals surface area contributed by atoms with Crippen LogP contribution < -0.4 is 11.1 Å². The lowest BCUT2D eigenvalue weighted by atomic mass is 9.86. The fraction of sp³-hybridized carbons (Fsp3) is 0.417. The first-order valence-electron chi connectivity index (χ1n) is 10.6. The van der Waals surface area contributed by atoms with Gasteiger partial charge in [-0.2, -0.15) is 0 Å². The lowest BCUT2D eigenvalue weighted by Crippen LogP contribution is -2.46. The van der Waals surface area contributed by atoms with E-state index in [4.69, 9.17) is 5.73 Å². The molecular weight excluding hydrogens is 398 g/mol. The lowest BCUT2D eigenvalue weighted by molar-refractivity contribution is -0.135. The third-order valence-corrected chi connectivity index (χ3v) is 6.14. The largest absolute Gasteiger partial charge is 0.399 e. The molecule has 2 aliphatic rings. The van der Waals surface area contributed by atoms with E-state index in [9.17, 15) is 9.59 Å². The smallest absolute Gasteiger partial charge is 0.227 e. The van der Waals surface area contributed by atoms with Crippen LogP contribution in [0.3, 0.4) is 0 Å². The van der Waals surface area contributed by atoms with Crippen molar-refractivity contribution in [2.75, 3.05) is 18.8 Å². The second-order valence-electron chi connectivity index (χ2n) is 8.25. The van der Waals surface area contributed by atoms with Gasteiger partial charge in [-0.3, -0.25) is 9.59 Å². The van der Waals surface area contributed by atoms with Gasteiger partial charge < -0.3 is 16.0 Å². The minimum atomic E-state index is -0.136. The van der Waals surface area contributed by atoms with E-state index in [1.807, 2.05) is 53.4 Å². The fourth-order valence-corrected chi connectivity index (χ4v) is 4.57. The summed E-state index contributed by atoms with van der Waals surface area (Å²) in [7, 11) is 0. The highest BCUT2D eigenvalue weighted by molar-refractivity contribution is 5.85. The predicted octanol–water partition coefficient (Wildman–Crippen LogP) is 3.67. The highest BCUT2D eigenvalue weighted by Crippen LogP contribution is 2.31. The molecule has 2 aromatic carbocycles. The van der Waals surface area contributed by atoms with Gasteiger partial charge in [0.2, 0.25) is 11.8 Å². The maximum atomic E-state index is 13.0. The monoisotopic (exact) mass is 427 g/mol. The Hall–Kier alpha value is -2.53. The van der Waals surface area contributed by atoms with Crippen LogP contribution in [0.4, 0.5) is 5.69 Å². The van der Waals surface area contributed by atoms with E-state index in [0.717, 1.165) is 49.9 Å². The van der Waals surface area contributed by atoms with E-state index in [1.165, 1.54) is 11.1 Å². The standard InChI is InChI=1S/C24H29N3O2.ClH/c25-20-11-12-21-18(15-20)8-4-10-22(21)26-24(29)19-9-5-13-27(16-19)23(28)14-17-6-2-1-3-7-17;/h1-3,6-7,11-12,15,19,22H,4-5,8-10,13-14,16,25H2,(H,26,29);1H. The number of rotatable bonds is 4. The Bertz CT molecular complexity index is 887. The van der Waals surface area contributed by atoms with Gasteiger partial charge >= 0.3 is 0 Å². The molecule has 2 amide bonds. The van der Waals surface area contributed by atoms with E-state index < -0.39 is 0 Å². The molecule has 0 bridgehead atoms. The summed E-state index contributed by atoms with van der Waals surface area (Å²) in [5, 5.41) is 3.26. The van der Waals surface area contributed by atoms with Crippen molar-refractivity contribution in [3.63, 3.8) is 0 Å². The molecule has 2 aromatic rings. The van der Waals surface area contributed by atoms with Crippen molar-refractivity contribution in [3.05, 3.63) is 65.2 Å². The summed E-state index contributed by atoms with van der Waals surface area (Å²) in [6.07, 6.45) is 5.11. The number of likely N-dealkylation sites (tertiary alicyclic amines) is 1. The molecule has 2 atom stereocenters. The molecule has 1 aliphatic carbocycles. The zero-order valence-electron chi connectivity index (χ0n) is 17.2. The Labute approximate surface area is 184 Å². The summed E-state index contributed by atoms with van der Waals surface area (Å²) >= 11 is 0. The molecule has 1 heterocycles. The van der Waals surface area contributed by atoms with Gasteiger partial charge in [0, 0.05) is 18.8 Å². The van der Waals surface area contributed by atoms with Crippen LogP contribution >= 0.6 is 12.4 Å². The topological polar surface area (TPSA) is 75.4 Å². The maximum Gasteiger partial charge on any atom is 0.227 e. The zero-order valence-corrected chi connectivity index (χ0v) is 18.0. The Kier molecular flexibility index (Phi) is 7.38. The van der Waals surface area contributed by atoms with Crippen LogP contribution in [0.5, 0.6) is 0 Å². The van der Waals surface area contributed by atoms with Gasteiger partial charge in [-0.25, -0.2) is 0 Å². The van der Waals surface area contributed by atoms with Crippen molar-refractivity contribution in [1.29, 1.82) is 0 Å². The quantitative estimate of drug-likeness (QED) is 0.731. The Morgan fingerprint density at radius 3 is 2.67 bits per heavy atom. The number of hydrogen-bond acceptors (Lipinski definition) is 3. The molecule has 0 aromatic heterocycles. The Morgan fingerprint density at radius 1 is 1.07 bits per heavy atom. The van der Waals surface area contributed by atoms with Gasteiger partial charge in [0.25, 0.3) is 0 Å². The Balaban J connectivity index is 0.00000256. The molecule has 0 spiro atoms. The number of benzene rings is 2. The van der Waals surface area contributed by atoms with Gasteiger partial charge in [0.05, 0.1) is 18.4 Å². The molecule has 160 valence electrons. The average molecular weight is 428 g/mol. The minimum absolute atomic E-state index is 0. The molecule has 1 fully saturated rings. The molecule has 1 aliphatic heterocycles. The van der Waals surface area contributed by atoms with E-state index in [-0.39, 0.29) is 36.2 Å². The number of nitrogens with zero attached hydrogens (tertiary/aromatic N) is 1. The fourth-order valence-electron chi connectivity index (χ4n) is 4.57. The van der Waals surface area contributed by atoms with Gasteiger partial charge in [0.15, 0.2) is 0 Å². The summed E-state index contributed by atoms with van der Waals surface area (Å²) in [6.45, 7) is 1.25. The van der Waals surface area contributed by atoms with Crippen LogP contribution in [-0.2, 0) is 22.4 Å². The molecule has 0 radical (unpaired) electrons. The lowest BCUT2D eigenvalue weighted by Gasteiger charge is -2.34. The summed E-state index contributed by atoms with van der Waals surface area (Å²) in [5.74, 6) is 0.0340. The van der Waals surface area contributed by atoms with Crippen molar-refractivity contribution in [1.82, 2.24) is 10.2 Å². The first-order chi connectivity index (χ1) is 14.1. The van der Waals surface area contributed by atoms with Crippen LogP contribution in [0.15, 0.2) is 48.5 Å². The van der Waals surface area contributed by atoms with Crippen molar-refractivity contribution < 1.29 is 9.59 Å². The van der Waals surface area contributed by atoms with Crippen LogP contribution in [0, 0.1) is 5.92 Å². The van der Waals surface area contributed by atoms with Crippen LogP contribution in [0.2, 0.25) is 0 Å². The molecule has 3 N–H and O–H groups in total. The van der Waals surface area contributed by atoms with Gasteiger partial charge in [-0.15, -0.1) is 12.4 Å². The predicted molar refractivity (Wildman–Crippen MR) is 121 cm³/mol. The number of nitrogens with two attached hydrogens (primary N) is 1. The number of piperidine rings is 1. The number of nitrogens with one attached hydrogen (secondary N) is 1. The van der Waals surface area contributed by atoms with E-state index in [2.05, 4.69) is 5.32 Å². The SMILES string of the molecule is Cl.Nc1ccc2c(c1)CCCC2NC(=O)C1CCCN(C(=O)Cc2ccccc2)C1. The average Bonchev–Trinajstić information content (AvgIpc) is 2.74. The van der Waals surface area contributed by atoms with Gasteiger partial charge in [-0.1, -0.05) is 36.4 Å². The maximum absolute atomic E-state index is 13.0. The summed E-state index contributed by atoms with van der Waals surface area (Å²) in [5.41, 5.74) is 10.1. The normalized spacial score (nSPS) is 20.6. The number of nitrogen functional groups attached to an aromatic ring is 1. The summed E-state index contributed by atoms with van der Waals surface area (Å²) in [4.78, 5) is 27.6. The van der Waals surface area contributed by atoms with Crippen LogP contribution in [0.25, 0.3) is 0 Å². The minimum Gasteiger partial charge on any atom is -0.399 e. The van der Waals surface area contributed by atoms with Crippen molar-refractivity contribution in [3.8, 4) is 0 Å². The molecule has 4 rings (SSSR count). The van der Waals surface area contributed by atoms with Crippen molar-refractivity contribution >= 4 is 29.9 Å². The van der Waals surface area contributed by atoms with Gasteiger partial charge in [-0.05, 0) is 60.9 Å². The van der Waals surface area contributed by atoms with E-state index in [1.54, 1.807) is 0 Å². The highest BCUT2D eigenvalue weighted by Gasteiger charge is 2.30. The second kappa shape index (κ2) is 9.98. The summed E-state index contributed by atoms with van der Waals surface area (Å²) < 4.78 is 0. The second-order valence-corrected chi connectivity index (χ2v) is 8.25. The number of hydrogen-bond donors (Lipinski definition) is 2. The molecule has 0 saturated carbocycles. The highest BCUT2D eigenvalue weighted by atomic mass is 35.5. The van der Waals surface area contributed by atoms with Gasteiger partial charge in [0.1, 0.15) is 0 Å². The molecular formula is C24H30ClN3O2. The number of carbonyl (C=O) groups excluding carboxylic acids is 2. The number of fused-ring (bicyclic) bond motifs is 1. The number of aryl methyl sites for hydroxylation is 1. The van der Waals surface area contributed by atoms with E-state index >= 15 is 0 Å². The molecule has 5 nitrogen and oxygen atoms in total. The summed E-state index contributed by atoms with van der Waals surface area (Å²) in [6, 6.07) is 15.8. The zero-order chi connectivity index (χ0) is 20.2. The molecule has 1 saturated heterocycles. The van der Waals surface area contributed by atoms with Crippen LogP contribution in [-0.4, -0.2) is 29.8 Å². The molecule has 2 unspecified atom stereocenters.